The monoisotopic (exact) mass is 205 g/mol. The van der Waals surface area contributed by atoms with Crippen LogP contribution in [0.15, 0.2) is 24.5 Å². The van der Waals surface area contributed by atoms with E-state index in [1.54, 1.807) is 6.20 Å². The number of pyridine rings is 1. The minimum Gasteiger partial charge on any atom is -0.395 e. The van der Waals surface area contributed by atoms with Crippen molar-refractivity contribution in [2.75, 3.05) is 13.7 Å². The summed E-state index contributed by atoms with van der Waals surface area (Å²) in [5.74, 6) is 0. The third-order valence-electron chi connectivity index (χ3n) is 2.42. The summed E-state index contributed by atoms with van der Waals surface area (Å²) in [7, 11) is 1.92. The fourth-order valence-corrected chi connectivity index (χ4v) is 1.80. The van der Waals surface area contributed by atoms with Crippen molar-refractivity contribution in [1.82, 2.24) is 14.9 Å². The quantitative estimate of drug-likeness (QED) is 0.774. The number of nitrogens with one attached hydrogen (secondary N) is 1. The molecule has 0 unspecified atom stereocenters. The van der Waals surface area contributed by atoms with E-state index in [4.69, 9.17) is 5.11 Å². The van der Waals surface area contributed by atoms with Crippen LogP contribution in [0.1, 0.15) is 5.56 Å². The van der Waals surface area contributed by atoms with Gasteiger partial charge in [0.05, 0.1) is 6.61 Å². The van der Waals surface area contributed by atoms with E-state index in [0.29, 0.717) is 6.54 Å². The van der Waals surface area contributed by atoms with Crippen LogP contribution in [-0.2, 0) is 13.1 Å². The second-order valence-electron chi connectivity index (χ2n) is 3.48. The standard InChI is InChI=1S/C11H15N3O/c1-12-7-9-8-14(5-6-15)11-10(9)3-2-4-13-11/h2-4,8,12,15H,5-7H2,1H3. The molecule has 15 heavy (non-hydrogen) atoms. The summed E-state index contributed by atoms with van der Waals surface area (Å²) in [5.41, 5.74) is 2.16. The third-order valence-corrected chi connectivity index (χ3v) is 2.42. The summed E-state index contributed by atoms with van der Waals surface area (Å²) in [6.07, 6.45) is 3.82. The Morgan fingerprint density at radius 1 is 1.53 bits per heavy atom. The normalized spacial score (nSPS) is 11.1. The highest BCUT2D eigenvalue weighted by Gasteiger charge is 2.07. The Labute approximate surface area is 88.6 Å². The summed E-state index contributed by atoms with van der Waals surface area (Å²) in [6.45, 7) is 1.55. The van der Waals surface area contributed by atoms with Crippen LogP contribution in [0.2, 0.25) is 0 Å². The van der Waals surface area contributed by atoms with Gasteiger partial charge in [0.2, 0.25) is 0 Å². The van der Waals surface area contributed by atoms with Crippen molar-refractivity contribution < 1.29 is 5.11 Å². The van der Waals surface area contributed by atoms with Crippen molar-refractivity contribution in [3.8, 4) is 0 Å². The first-order chi connectivity index (χ1) is 7.36. The molecular weight excluding hydrogens is 190 g/mol. The molecule has 4 nitrogen and oxygen atoms in total. The van der Waals surface area contributed by atoms with Crippen LogP contribution in [0.3, 0.4) is 0 Å². The Morgan fingerprint density at radius 3 is 3.13 bits per heavy atom. The van der Waals surface area contributed by atoms with Gasteiger partial charge in [0.25, 0.3) is 0 Å². The van der Waals surface area contributed by atoms with E-state index >= 15 is 0 Å². The molecule has 0 aliphatic heterocycles. The summed E-state index contributed by atoms with van der Waals surface area (Å²) in [4.78, 5) is 4.33. The van der Waals surface area contributed by atoms with E-state index in [-0.39, 0.29) is 6.61 Å². The highest BCUT2D eigenvalue weighted by Crippen LogP contribution is 2.18. The predicted molar refractivity (Wildman–Crippen MR) is 59.6 cm³/mol. The van der Waals surface area contributed by atoms with Gasteiger partial charge >= 0.3 is 0 Å². The highest BCUT2D eigenvalue weighted by molar-refractivity contribution is 5.80. The number of rotatable bonds is 4. The summed E-state index contributed by atoms with van der Waals surface area (Å²) >= 11 is 0. The van der Waals surface area contributed by atoms with E-state index in [0.717, 1.165) is 17.6 Å². The third kappa shape index (κ3) is 1.86. The zero-order chi connectivity index (χ0) is 10.7. The Kier molecular flexibility index (Phi) is 2.99. The molecule has 0 atom stereocenters. The Balaban J connectivity index is 2.52. The maximum atomic E-state index is 8.95. The molecule has 0 fully saturated rings. The van der Waals surface area contributed by atoms with Crippen LogP contribution in [0.4, 0.5) is 0 Å². The zero-order valence-electron chi connectivity index (χ0n) is 8.77. The average Bonchev–Trinajstić information content (AvgIpc) is 2.59. The van der Waals surface area contributed by atoms with Crippen LogP contribution in [-0.4, -0.2) is 28.3 Å². The molecule has 2 aromatic heterocycles. The molecule has 2 aromatic rings. The topological polar surface area (TPSA) is 50.1 Å². The van der Waals surface area contributed by atoms with E-state index < -0.39 is 0 Å². The van der Waals surface area contributed by atoms with Gasteiger partial charge in [-0.1, -0.05) is 0 Å². The van der Waals surface area contributed by atoms with Gasteiger partial charge in [-0.2, -0.15) is 0 Å². The van der Waals surface area contributed by atoms with Gasteiger partial charge in [0, 0.05) is 30.9 Å². The lowest BCUT2D eigenvalue weighted by Crippen LogP contribution is -2.04. The second-order valence-corrected chi connectivity index (χ2v) is 3.48. The molecule has 80 valence electrons. The molecule has 2 heterocycles. The number of aliphatic hydroxyl groups excluding tert-OH is 1. The number of aliphatic hydroxyl groups is 1. The molecule has 0 aliphatic carbocycles. The van der Waals surface area contributed by atoms with Crippen LogP contribution < -0.4 is 5.32 Å². The maximum Gasteiger partial charge on any atom is 0.140 e. The molecule has 0 radical (unpaired) electrons. The van der Waals surface area contributed by atoms with Gasteiger partial charge < -0.3 is 15.0 Å². The first kappa shape index (κ1) is 10.1. The van der Waals surface area contributed by atoms with Crippen LogP contribution in [0, 0.1) is 0 Å². The molecule has 2 N–H and O–H groups in total. The molecule has 2 rings (SSSR count). The lowest BCUT2D eigenvalue weighted by molar-refractivity contribution is 0.277. The summed E-state index contributed by atoms with van der Waals surface area (Å²) in [5, 5.41) is 13.2. The van der Waals surface area contributed by atoms with E-state index in [1.807, 2.05) is 23.9 Å². The molecule has 0 spiro atoms. The zero-order valence-corrected chi connectivity index (χ0v) is 8.77. The van der Waals surface area contributed by atoms with Gasteiger partial charge in [-0.15, -0.1) is 0 Å². The van der Waals surface area contributed by atoms with Gasteiger partial charge in [-0.25, -0.2) is 4.98 Å². The first-order valence-corrected chi connectivity index (χ1v) is 5.05. The van der Waals surface area contributed by atoms with Gasteiger partial charge in [-0.05, 0) is 24.7 Å². The van der Waals surface area contributed by atoms with Crippen molar-refractivity contribution in [3.05, 3.63) is 30.1 Å². The number of hydrogen-bond acceptors (Lipinski definition) is 3. The molecule has 0 saturated carbocycles. The van der Waals surface area contributed by atoms with Crippen molar-refractivity contribution in [1.29, 1.82) is 0 Å². The number of hydrogen-bond donors (Lipinski definition) is 2. The minimum atomic E-state index is 0.138. The largest absolute Gasteiger partial charge is 0.395 e. The smallest absolute Gasteiger partial charge is 0.140 e. The second kappa shape index (κ2) is 4.42. The summed E-state index contributed by atoms with van der Waals surface area (Å²) < 4.78 is 1.99. The highest BCUT2D eigenvalue weighted by atomic mass is 16.3. The molecule has 0 saturated heterocycles. The fourth-order valence-electron chi connectivity index (χ4n) is 1.80. The maximum absolute atomic E-state index is 8.95. The van der Waals surface area contributed by atoms with Gasteiger partial charge in [0.1, 0.15) is 5.65 Å². The Hall–Kier alpha value is -1.39. The van der Waals surface area contributed by atoms with Crippen molar-refractivity contribution in [2.45, 2.75) is 13.1 Å². The lowest BCUT2D eigenvalue weighted by atomic mass is 10.2. The number of fused-ring (bicyclic) bond motifs is 1. The van der Waals surface area contributed by atoms with Crippen molar-refractivity contribution >= 4 is 11.0 Å². The SMILES string of the molecule is CNCc1cn(CCO)c2ncccc12. The van der Waals surface area contributed by atoms with Gasteiger partial charge in [-0.3, -0.25) is 0 Å². The van der Waals surface area contributed by atoms with Crippen LogP contribution in [0.25, 0.3) is 11.0 Å². The van der Waals surface area contributed by atoms with Gasteiger partial charge in [0.15, 0.2) is 0 Å². The molecule has 0 amide bonds. The van der Waals surface area contributed by atoms with Crippen LogP contribution in [0.5, 0.6) is 0 Å². The summed E-state index contributed by atoms with van der Waals surface area (Å²) in [6, 6.07) is 3.99. The molecule has 0 bridgehead atoms. The molecule has 0 aliphatic rings. The van der Waals surface area contributed by atoms with E-state index in [9.17, 15) is 0 Å². The first-order valence-electron chi connectivity index (χ1n) is 5.05. The molecule has 4 heteroatoms. The van der Waals surface area contributed by atoms with Crippen molar-refractivity contribution in [2.24, 2.45) is 0 Å². The number of aromatic nitrogens is 2. The lowest BCUT2D eigenvalue weighted by Gasteiger charge is -1.99. The fraction of sp³-hybridized carbons (Fsp3) is 0.364. The van der Waals surface area contributed by atoms with E-state index in [1.165, 1.54) is 5.56 Å². The van der Waals surface area contributed by atoms with Crippen LogP contribution >= 0.6 is 0 Å². The average molecular weight is 205 g/mol. The Morgan fingerprint density at radius 2 is 2.40 bits per heavy atom. The number of nitrogens with zero attached hydrogens (tertiary/aromatic N) is 2. The molecule has 0 aromatic carbocycles. The molecular formula is C11H15N3O. The van der Waals surface area contributed by atoms with Crippen molar-refractivity contribution in [3.63, 3.8) is 0 Å². The van der Waals surface area contributed by atoms with E-state index in [2.05, 4.69) is 16.4 Å². The minimum absolute atomic E-state index is 0.138. The Bertz CT molecular complexity index is 410. The predicted octanol–water partition coefficient (Wildman–Crippen LogP) is 0.748.